The molecular formula is C21H28F2O3. The summed E-state index contributed by atoms with van der Waals surface area (Å²) in [6.07, 6.45) is 3.08. The summed E-state index contributed by atoms with van der Waals surface area (Å²) < 4.78 is 31.7. The summed E-state index contributed by atoms with van der Waals surface area (Å²) in [5, 5.41) is 9.32. The number of alkyl halides is 2. The van der Waals surface area contributed by atoms with Crippen LogP contribution in [0.1, 0.15) is 58.8 Å². The maximum atomic E-state index is 16.6. The molecule has 3 nitrogen and oxygen atoms in total. The highest BCUT2D eigenvalue weighted by Gasteiger charge is 2.69. The van der Waals surface area contributed by atoms with Crippen LogP contribution in [0.25, 0.3) is 0 Å². The van der Waals surface area contributed by atoms with Gasteiger partial charge >= 0.3 is 0 Å². The minimum Gasteiger partial charge on any atom is -0.389 e. The molecule has 1 N–H and O–H groups in total. The van der Waals surface area contributed by atoms with Crippen molar-refractivity contribution in [2.75, 3.05) is 6.61 Å². The molecular weight excluding hydrogens is 338 g/mol. The summed E-state index contributed by atoms with van der Waals surface area (Å²) >= 11 is 0. The van der Waals surface area contributed by atoms with E-state index in [0.717, 1.165) is 0 Å². The number of Topliss-reactive ketones (excluding diaryl/α,β-unsaturated/α-hetero) is 1. The van der Waals surface area contributed by atoms with Gasteiger partial charge in [-0.2, -0.15) is 0 Å². The quantitative estimate of drug-likeness (QED) is 0.810. The van der Waals surface area contributed by atoms with Crippen LogP contribution in [-0.2, 0) is 9.59 Å². The fraction of sp³-hybridized carbons (Fsp3) is 0.810. The second-order valence-corrected chi connectivity index (χ2v) is 9.44. The van der Waals surface area contributed by atoms with Crippen molar-refractivity contribution in [3.63, 3.8) is 0 Å². The number of fused-ring (bicyclic) bond motifs is 5. The summed E-state index contributed by atoms with van der Waals surface area (Å²) in [4.78, 5) is 24.1. The van der Waals surface area contributed by atoms with Gasteiger partial charge in [0.1, 0.15) is 18.4 Å². The third-order valence-corrected chi connectivity index (χ3v) is 8.60. The first-order chi connectivity index (χ1) is 12.2. The lowest BCUT2D eigenvalue weighted by Gasteiger charge is -2.61. The highest BCUT2D eigenvalue weighted by molar-refractivity contribution is 5.92. The van der Waals surface area contributed by atoms with E-state index in [2.05, 4.69) is 0 Å². The molecule has 5 heteroatoms. The lowest BCUT2D eigenvalue weighted by molar-refractivity contribution is -0.161. The van der Waals surface area contributed by atoms with E-state index in [9.17, 15) is 14.7 Å². The van der Waals surface area contributed by atoms with Gasteiger partial charge in [0, 0.05) is 23.7 Å². The minimum atomic E-state index is -1.52. The lowest BCUT2D eigenvalue weighted by atomic mass is 9.45. The Morgan fingerprint density at radius 1 is 1.23 bits per heavy atom. The Kier molecular flexibility index (Phi) is 4.00. The van der Waals surface area contributed by atoms with Crippen LogP contribution < -0.4 is 0 Å². The number of hydrogen-bond acceptors (Lipinski definition) is 3. The van der Waals surface area contributed by atoms with Crippen LogP contribution >= 0.6 is 0 Å². The molecule has 4 aliphatic rings. The first-order valence-electron chi connectivity index (χ1n) is 9.89. The Hall–Kier alpha value is -1.10. The molecule has 0 aliphatic heterocycles. The number of halogens is 2. The van der Waals surface area contributed by atoms with Gasteiger partial charge in [-0.25, -0.2) is 8.78 Å². The zero-order valence-corrected chi connectivity index (χ0v) is 15.6. The second kappa shape index (κ2) is 5.70. The van der Waals surface area contributed by atoms with Crippen LogP contribution in [0.5, 0.6) is 0 Å². The Morgan fingerprint density at radius 2 is 1.96 bits per heavy atom. The van der Waals surface area contributed by atoms with Crippen LogP contribution in [0.2, 0.25) is 0 Å². The first-order valence-corrected chi connectivity index (χ1v) is 9.89. The molecule has 3 saturated carbocycles. The van der Waals surface area contributed by atoms with Crippen LogP contribution in [-0.4, -0.2) is 35.1 Å². The fourth-order valence-corrected chi connectivity index (χ4v) is 7.07. The van der Waals surface area contributed by atoms with E-state index >= 15 is 8.78 Å². The summed E-state index contributed by atoms with van der Waals surface area (Å²) in [5.74, 6) is -0.988. The summed E-state index contributed by atoms with van der Waals surface area (Å²) in [6, 6.07) is 0. The standard InChI is InChI=1S/C21H28F2O3/c1-19-7-8-21(23)15(13(19)3-4-14(19)18(26)11-24)10-17(22)16-9-12(25)5-6-20(16,21)2/h9,13-15,17,24H,3-8,10-11H2,1-2H3/t13-,14+,15-,17-,19-,20-,21-/m0/s1. The monoisotopic (exact) mass is 366 g/mol. The molecule has 0 amide bonds. The van der Waals surface area contributed by atoms with Crippen molar-refractivity contribution in [1.82, 2.24) is 0 Å². The molecule has 0 aromatic rings. The number of aliphatic hydroxyl groups is 1. The normalized spacial score (nSPS) is 50.5. The van der Waals surface area contributed by atoms with E-state index < -0.39 is 29.8 Å². The number of carbonyl (C=O) groups is 2. The molecule has 0 unspecified atom stereocenters. The molecule has 0 bridgehead atoms. The van der Waals surface area contributed by atoms with Gasteiger partial charge in [-0.1, -0.05) is 13.8 Å². The highest BCUT2D eigenvalue weighted by Crippen LogP contribution is 2.69. The van der Waals surface area contributed by atoms with Gasteiger partial charge in [0.05, 0.1) is 0 Å². The molecule has 144 valence electrons. The number of hydrogen-bond donors (Lipinski definition) is 1. The number of rotatable bonds is 2. The zero-order chi connectivity index (χ0) is 18.9. The van der Waals surface area contributed by atoms with Crippen LogP contribution in [0, 0.1) is 28.6 Å². The molecule has 0 saturated heterocycles. The van der Waals surface area contributed by atoms with E-state index in [1.165, 1.54) is 6.08 Å². The third kappa shape index (κ3) is 2.12. The molecule has 0 spiro atoms. The van der Waals surface area contributed by atoms with Gasteiger partial charge in [-0.15, -0.1) is 0 Å². The molecule has 26 heavy (non-hydrogen) atoms. The summed E-state index contributed by atoms with van der Waals surface area (Å²) in [5.41, 5.74) is -2.45. The molecule has 0 radical (unpaired) electrons. The largest absolute Gasteiger partial charge is 0.389 e. The van der Waals surface area contributed by atoms with Crippen molar-refractivity contribution in [1.29, 1.82) is 0 Å². The van der Waals surface area contributed by atoms with Gasteiger partial charge in [0.15, 0.2) is 11.6 Å². The van der Waals surface area contributed by atoms with E-state index in [4.69, 9.17) is 0 Å². The Morgan fingerprint density at radius 3 is 2.65 bits per heavy atom. The molecule has 4 rings (SSSR count). The van der Waals surface area contributed by atoms with E-state index in [1.54, 1.807) is 6.92 Å². The van der Waals surface area contributed by atoms with Gasteiger partial charge < -0.3 is 5.11 Å². The summed E-state index contributed by atoms with van der Waals surface area (Å²) in [7, 11) is 0. The number of carbonyl (C=O) groups excluding carboxylic acids is 2. The predicted molar refractivity (Wildman–Crippen MR) is 92.9 cm³/mol. The Bertz CT molecular complexity index is 689. The molecule has 4 aliphatic carbocycles. The van der Waals surface area contributed by atoms with E-state index in [1.807, 2.05) is 6.92 Å². The Balaban J connectivity index is 1.75. The topological polar surface area (TPSA) is 54.4 Å². The highest BCUT2D eigenvalue weighted by atomic mass is 19.1. The van der Waals surface area contributed by atoms with E-state index in [-0.39, 0.29) is 41.7 Å². The van der Waals surface area contributed by atoms with Crippen molar-refractivity contribution in [3.8, 4) is 0 Å². The van der Waals surface area contributed by atoms with Crippen molar-refractivity contribution in [3.05, 3.63) is 11.6 Å². The number of aliphatic hydroxyl groups excluding tert-OH is 1. The van der Waals surface area contributed by atoms with Crippen molar-refractivity contribution < 1.29 is 23.5 Å². The molecule has 0 heterocycles. The predicted octanol–water partition coefficient (Wildman–Crippen LogP) is 3.74. The maximum absolute atomic E-state index is 16.6. The molecule has 7 atom stereocenters. The van der Waals surface area contributed by atoms with Gasteiger partial charge in [0.2, 0.25) is 0 Å². The van der Waals surface area contributed by atoms with Crippen molar-refractivity contribution in [2.45, 2.75) is 70.6 Å². The lowest BCUT2D eigenvalue weighted by Crippen LogP contribution is -2.63. The number of allylic oxidation sites excluding steroid dienone is 1. The fourth-order valence-electron chi connectivity index (χ4n) is 7.07. The van der Waals surface area contributed by atoms with Gasteiger partial charge in [-0.05, 0) is 61.5 Å². The second-order valence-electron chi connectivity index (χ2n) is 9.44. The minimum absolute atomic E-state index is 0.0454. The van der Waals surface area contributed by atoms with Crippen molar-refractivity contribution in [2.24, 2.45) is 28.6 Å². The third-order valence-electron chi connectivity index (χ3n) is 8.60. The number of ketones is 2. The average Bonchev–Trinajstić information content (AvgIpc) is 2.95. The summed E-state index contributed by atoms with van der Waals surface area (Å²) in [6.45, 7) is 3.36. The average molecular weight is 366 g/mol. The van der Waals surface area contributed by atoms with E-state index in [0.29, 0.717) is 37.7 Å². The van der Waals surface area contributed by atoms with Gasteiger partial charge in [-0.3, -0.25) is 9.59 Å². The van der Waals surface area contributed by atoms with Crippen LogP contribution in [0.3, 0.4) is 0 Å². The van der Waals surface area contributed by atoms with Crippen molar-refractivity contribution >= 4 is 11.6 Å². The smallest absolute Gasteiger partial charge is 0.161 e. The zero-order valence-electron chi connectivity index (χ0n) is 15.6. The first kappa shape index (κ1) is 18.3. The maximum Gasteiger partial charge on any atom is 0.161 e. The SMILES string of the molecule is C[C@]12CC[C@]3(F)[C@@H](C[C@H](F)C4=CC(=O)CC[C@@]43C)[C@@H]1CC[C@@H]2C(=O)CO. The van der Waals surface area contributed by atoms with Crippen LogP contribution in [0.15, 0.2) is 11.6 Å². The van der Waals surface area contributed by atoms with Gasteiger partial charge in [0.25, 0.3) is 0 Å². The van der Waals surface area contributed by atoms with Crippen LogP contribution in [0.4, 0.5) is 8.78 Å². The molecule has 0 aromatic heterocycles. The molecule has 0 aromatic carbocycles. The Labute approximate surface area is 153 Å². The molecule has 3 fully saturated rings.